The first-order valence-electron chi connectivity index (χ1n) is 11.0. The first-order chi connectivity index (χ1) is 15.9. The van der Waals surface area contributed by atoms with Crippen LogP contribution in [0.25, 0.3) is 6.08 Å². The lowest BCUT2D eigenvalue weighted by atomic mass is 10.2. The van der Waals surface area contributed by atoms with E-state index in [1.807, 2.05) is 38.1 Å². The highest BCUT2D eigenvalue weighted by atomic mass is 32.2. The minimum Gasteiger partial charge on any atom is -0.497 e. The van der Waals surface area contributed by atoms with Gasteiger partial charge < -0.3 is 19.7 Å². The summed E-state index contributed by atoms with van der Waals surface area (Å²) in [4.78, 5) is 14.9. The van der Waals surface area contributed by atoms with Crippen LogP contribution in [0, 0.1) is 0 Å². The summed E-state index contributed by atoms with van der Waals surface area (Å²) in [6.45, 7) is 6.83. The van der Waals surface area contributed by atoms with Gasteiger partial charge in [-0.05, 0) is 55.8 Å². The lowest BCUT2D eigenvalue weighted by Gasteiger charge is -2.28. The van der Waals surface area contributed by atoms with E-state index in [2.05, 4.69) is 10.2 Å². The number of nitrogens with one attached hydrogen (secondary N) is 1. The van der Waals surface area contributed by atoms with Crippen LogP contribution in [-0.2, 0) is 19.6 Å². The second-order valence-electron chi connectivity index (χ2n) is 7.46. The van der Waals surface area contributed by atoms with Crippen molar-refractivity contribution >= 4 is 33.4 Å². The number of ether oxygens (including phenoxy) is 2. The topological polar surface area (TPSA) is 88.2 Å². The zero-order valence-electron chi connectivity index (χ0n) is 19.3. The van der Waals surface area contributed by atoms with Gasteiger partial charge in [-0.25, -0.2) is 8.42 Å². The Balaban J connectivity index is 1.87. The number of benzene rings is 2. The molecular formula is C24H31N3O5S. The minimum absolute atomic E-state index is 0.148. The van der Waals surface area contributed by atoms with Gasteiger partial charge in [0.15, 0.2) is 0 Å². The number of morpholine rings is 1. The fourth-order valence-corrected chi connectivity index (χ4v) is 5.05. The van der Waals surface area contributed by atoms with Gasteiger partial charge in [0.25, 0.3) is 0 Å². The maximum Gasteiger partial charge on any atom is 0.248 e. The Hall–Kier alpha value is -2.88. The molecule has 0 aliphatic carbocycles. The molecule has 2 aromatic rings. The number of nitrogens with zero attached hydrogens (tertiary/aromatic N) is 2. The third-order valence-electron chi connectivity index (χ3n) is 5.48. The number of sulfonamides is 1. The fraction of sp³-hybridized carbons (Fsp3) is 0.375. The van der Waals surface area contributed by atoms with Crippen molar-refractivity contribution in [2.75, 3.05) is 56.7 Å². The van der Waals surface area contributed by atoms with Crippen LogP contribution in [0.1, 0.15) is 19.4 Å². The molecule has 1 amide bonds. The molecule has 1 fully saturated rings. The molecule has 0 bridgehead atoms. The fourth-order valence-electron chi connectivity index (χ4n) is 3.61. The smallest absolute Gasteiger partial charge is 0.248 e. The normalized spacial score (nSPS) is 14.9. The van der Waals surface area contributed by atoms with Crippen LogP contribution in [0.4, 0.5) is 11.4 Å². The second-order valence-corrected chi connectivity index (χ2v) is 9.40. The summed E-state index contributed by atoms with van der Waals surface area (Å²) >= 11 is 0. The molecule has 1 N–H and O–H groups in total. The lowest BCUT2D eigenvalue weighted by molar-refractivity contribution is -0.111. The molecule has 9 heteroatoms. The quantitative estimate of drug-likeness (QED) is 0.563. The van der Waals surface area contributed by atoms with Gasteiger partial charge in [0.2, 0.25) is 15.9 Å². The molecule has 3 rings (SSSR count). The first-order valence-corrected chi connectivity index (χ1v) is 12.4. The van der Waals surface area contributed by atoms with E-state index in [-0.39, 0.29) is 10.8 Å². The third kappa shape index (κ3) is 6.13. The van der Waals surface area contributed by atoms with Gasteiger partial charge in [0, 0.05) is 32.3 Å². The van der Waals surface area contributed by atoms with Crippen LogP contribution in [0.5, 0.6) is 5.75 Å². The van der Waals surface area contributed by atoms with Gasteiger partial charge in [-0.15, -0.1) is 0 Å². The van der Waals surface area contributed by atoms with E-state index in [0.717, 1.165) is 30.1 Å². The summed E-state index contributed by atoms with van der Waals surface area (Å²) in [7, 11) is -2.09. The molecule has 0 radical (unpaired) electrons. The zero-order valence-corrected chi connectivity index (χ0v) is 20.1. The molecule has 0 spiro atoms. The summed E-state index contributed by atoms with van der Waals surface area (Å²) in [6, 6.07) is 12.2. The van der Waals surface area contributed by atoms with Gasteiger partial charge in [0.1, 0.15) is 5.75 Å². The van der Waals surface area contributed by atoms with Gasteiger partial charge >= 0.3 is 0 Å². The molecule has 1 aliphatic rings. The molecule has 0 atom stereocenters. The van der Waals surface area contributed by atoms with Crippen molar-refractivity contribution in [2.24, 2.45) is 0 Å². The second kappa shape index (κ2) is 11.3. The predicted molar refractivity (Wildman–Crippen MR) is 130 cm³/mol. The van der Waals surface area contributed by atoms with E-state index in [1.54, 1.807) is 25.3 Å². The molecule has 1 aliphatic heterocycles. The van der Waals surface area contributed by atoms with Crippen molar-refractivity contribution in [2.45, 2.75) is 18.7 Å². The largest absolute Gasteiger partial charge is 0.497 e. The van der Waals surface area contributed by atoms with Crippen LogP contribution < -0.4 is 15.0 Å². The number of carbonyl (C=O) groups is 1. The number of rotatable bonds is 9. The molecule has 2 aromatic carbocycles. The van der Waals surface area contributed by atoms with E-state index in [4.69, 9.17) is 9.47 Å². The maximum atomic E-state index is 13.1. The Bertz CT molecular complexity index is 1070. The van der Waals surface area contributed by atoms with Gasteiger partial charge in [0.05, 0.1) is 36.6 Å². The van der Waals surface area contributed by atoms with Crippen molar-refractivity contribution in [3.8, 4) is 5.75 Å². The summed E-state index contributed by atoms with van der Waals surface area (Å²) in [5.74, 6) is 0.388. The number of amides is 1. The van der Waals surface area contributed by atoms with E-state index in [0.29, 0.717) is 32.0 Å². The third-order valence-corrected chi connectivity index (χ3v) is 7.38. The Morgan fingerprint density at radius 1 is 1.12 bits per heavy atom. The predicted octanol–water partition coefficient (Wildman–Crippen LogP) is 3.21. The van der Waals surface area contributed by atoms with E-state index >= 15 is 0 Å². The van der Waals surface area contributed by atoms with Crippen LogP contribution >= 0.6 is 0 Å². The van der Waals surface area contributed by atoms with Crippen molar-refractivity contribution in [1.82, 2.24) is 4.31 Å². The molecule has 178 valence electrons. The standard InChI is InChI=1S/C24H31N3O5S/c1-4-26(5-2)23-12-11-21(33(29,30)27-14-16-32-17-15-27)18-22(23)25-24(28)13-8-19-6-9-20(31-3)10-7-19/h6-13,18H,4-5,14-17H2,1-3H3,(H,25,28)/b13-8+. The Kier molecular flexibility index (Phi) is 8.49. The summed E-state index contributed by atoms with van der Waals surface area (Å²) < 4.78 is 38.1. The van der Waals surface area contributed by atoms with E-state index in [9.17, 15) is 13.2 Å². The van der Waals surface area contributed by atoms with Crippen molar-refractivity contribution in [1.29, 1.82) is 0 Å². The Labute approximate surface area is 195 Å². The number of hydrogen-bond acceptors (Lipinski definition) is 6. The minimum atomic E-state index is -3.68. The molecule has 0 saturated carbocycles. The Morgan fingerprint density at radius 3 is 2.39 bits per heavy atom. The monoisotopic (exact) mass is 473 g/mol. The molecule has 0 unspecified atom stereocenters. The highest BCUT2D eigenvalue weighted by Gasteiger charge is 2.27. The highest BCUT2D eigenvalue weighted by molar-refractivity contribution is 7.89. The number of anilines is 2. The maximum absolute atomic E-state index is 13.1. The lowest BCUT2D eigenvalue weighted by Crippen LogP contribution is -2.40. The number of methoxy groups -OCH3 is 1. The van der Waals surface area contributed by atoms with E-state index in [1.165, 1.54) is 16.4 Å². The SMILES string of the molecule is CCN(CC)c1ccc(S(=O)(=O)N2CCOCC2)cc1NC(=O)/C=C/c1ccc(OC)cc1. The van der Waals surface area contributed by atoms with Crippen LogP contribution in [0.2, 0.25) is 0 Å². The van der Waals surface area contributed by atoms with E-state index < -0.39 is 10.0 Å². The summed E-state index contributed by atoms with van der Waals surface area (Å²) in [5.41, 5.74) is 2.07. The summed E-state index contributed by atoms with van der Waals surface area (Å²) in [5, 5.41) is 2.87. The molecule has 1 heterocycles. The molecule has 0 aromatic heterocycles. The molecule has 33 heavy (non-hydrogen) atoms. The molecular weight excluding hydrogens is 442 g/mol. The average Bonchev–Trinajstić information content (AvgIpc) is 2.85. The van der Waals surface area contributed by atoms with Gasteiger partial charge in [-0.2, -0.15) is 4.31 Å². The highest BCUT2D eigenvalue weighted by Crippen LogP contribution is 2.30. The molecule has 8 nitrogen and oxygen atoms in total. The first kappa shape index (κ1) is 24.8. The van der Waals surface area contributed by atoms with Crippen molar-refractivity contribution in [3.63, 3.8) is 0 Å². The van der Waals surface area contributed by atoms with Crippen LogP contribution in [-0.4, -0.2) is 65.1 Å². The van der Waals surface area contributed by atoms with Crippen molar-refractivity contribution in [3.05, 3.63) is 54.1 Å². The van der Waals surface area contributed by atoms with Gasteiger partial charge in [-0.1, -0.05) is 12.1 Å². The number of hydrogen-bond donors (Lipinski definition) is 1. The van der Waals surface area contributed by atoms with Crippen molar-refractivity contribution < 1.29 is 22.7 Å². The Morgan fingerprint density at radius 2 is 1.79 bits per heavy atom. The molecule has 1 saturated heterocycles. The number of carbonyl (C=O) groups excluding carboxylic acids is 1. The van der Waals surface area contributed by atoms with Gasteiger partial charge in [-0.3, -0.25) is 4.79 Å². The summed E-state index contributed by atoms with van der Waals surface area (Å²) in [6.07, 6.45) is 3.12. The zero-order chi connectivity index (χ0) is 23.8. The van der Waals surface area contributed by atoms with Crippen LogP contribution in [0.3, 0.4) is 0 Å². The van der Waals surface area contributed by atoms with Crippen LogP contribution in [0.15, 0.2) is 53.4 Å². The average molecular weight is 474 g/mol.